The molecule has 0 radical (unpaired) electrons. The predicted molar refractivity (Wildman–Crippen MR) is 64.6 cm³/mol. The Morgan fingerprint density at radius 3 is 2.56 bits per heavy atom. The zero-order chi connectivity index (χ0) is 11.4. The lowest BCUT2D eigenvalue weighted by molar-refractivity contribution is 0.102. The zero-order valence-electron chi connectivity index (χ0n) is 9.16. The minimum atomic E-state index is -0.106. The van der Waals surface area contributed by atoms with Gasteiger partial charge in [-0.05, 0) is 30.7 Å². The summed E-state index contributed by atoms with van der Waals surface area (Å²) in [4.78, 5) is 14.9. The molecule has 0 fully saturated rings. The van der Waals surface area contributed by atoms with Crippen LogP contribution in [0.3, 0.4) is 0 Å². The molecule has 3 heteroatoms. The highest BCUT2D eigenvalue weighted by Crippen LogP contribution is 2.08. The second kappa shape index (κ2) is 4.66. The Balaban J connectivity index is 2.09. The van der Waals surface area contributed by atoms with E-state index in [-0.39, 0.29) is 5.91 Å². The third kappa shape index (κ3) is 2.31. The van der Waals surface area contributed by atoms with E-state index in [1.807, 2.05) is 43.3 Å². The van der Waals surface area contributed by atoms with E-state index in [4.69, 9.17) is 0 Å². The van der Waals surface area contributed by atoms with E-state index in [1.54, 1.807) is 6.07 Å². The zero-order valence-corrected chi connectivity index (χ0v) is 9.16. The van der Waals surface area contributed by atoms with Crippen molar-refractivity contribution in [3.05, 3.63) is 53.9 Å². The topological polar surface area (TPSA) is 44.9 Å². The average molecular weight is 214 g/mol. The quantitative estimate of drug-likeness (QED) is 0.810. The van der Waals surface area contributed by atoms with E-state index in [0.717, 1.165) is 17.8 Å². The number of rotatable bonds is 3. The van der Waals surface area contributed by atoms with Gasteiger partial charge in [0.25, 0.3) is 5.91 Å². The van der Waals surface area contributed by atoms with Gasteiger partial charge in [0.15, 0.2) is 0 Å². The van der Waals surface area contributed by atoms with Crippen molar-refractivity contribution < 1.29 is 4.79 Å². The van der Waals surface area contributed by atoms with Gasteiger partial charge in [0.1, 0.15) is 5.69 Å². The first kappa shape index (κ1) is 10.5. The summed E-state index contributed by atoms with van der Waals surface area (Å²) in [5, 5.41) is 2.83. The van der Waals surface area contributed by atoms with E-state index in [2.05, 4.69) is 10.3 Å². The second-order valence-corrected chi connectivity index (χ2v) is 3.57. The van der Waals surface area contributed by atoms with Crippen LogP contribution in [0.15, 0.2) is 42.5 Å². The molecule has 0 aliphatic carbocycles. The highest BCUT2D eigenvalue weighted by atomic mass is 16.1. The number of amides is 1. The fraction of sp³-hybridized carbons (Fsp3) is 0.154. The molecule has 82 valence electrons. The molecule has 1 aromatic carbocycles. The Morgan fingerprint density at radius 1 is 1.19 bits per heavy atom. The Bertz CT molecular complexity index is 474. The summed E-state index contributed by atoms with van der Waals surface area (Å²) in [6.45, 7) is 2.05. The van der Waals surface area contributed by atoms with Crippen LogP contribution < -0.4 is 5.32 Å². The van der Waals surface area contributed by atoms with Crippen molar-refractivity contribution in [1.82, 2.24) is 4.98 Å². The van der Waals surface area contributed by atoms with Gasteiger partial charge in [-0.15, -0.1) is 0 Å². The van der Waals surface area contributed by atoms with Crippen LogP contribution in [0.4, 0.5) is 5.69 Å². The van der Waals surface area contributed by atoms with E-state index in [9.17, 15) is 4.79 Å². The van der Waals surface area contributed by atoms with Crippen molar-refractivity contribution in [1.29, 1.82) is 0 Å². The number of nitrogens with one attached hydrogen (secondary N) is 2. The van der Waals surface area contributed by atoms with Crippen LogP contribution in [0.25, 0.3) is 0 Å². The fourth-order valence-electron chi connectivity index (χ4n) is 1.50. The molecule has 0 unspecified atom stereocenters. The van der Waals surface area contributed by atoms with Crippen LogP contribution in [0.2, 0.25) is 0 Å². The first-order valence-electron chi connectivity index (χ1n) is 5.34. The van der Waals surface area contributed by atoms with Crippen molar-refractivity contribution >= 4 is 11.6 Å². The van der Waals surface area contributed by atoms with Crippen molar-refractivity contribution in [2.45, 2.75) is 13.3 Å². The molecule has 0 aliphatic heterocycles. The molecule has 0 atom stereocenters. The summed E-state index contributed by atoms with van der Waals surface area (Å²) >= 11 is 0. The van der Waals surface area contributed by atoms with E-state index >= 15 is 0 Å². The largest absolute Gasteiger partial charge is 0.354 e. The maximum atomic E-state index is 11.8. The highest BCUT2D eigenvalue weighted by Gasteiger charge is 2.07. The van der Waals surface area contributed by atoms with Crippen LogP contribution in [0.5, 0.6) is 0 Å². The lowest BCUT2D eigenvalue weighted by atomic mass is 10.3. The molecule has 2 aromatic rings. The minimum Gasteiger partial charge on any atom is -0.354 e. The predicted octanol–water partition coefficient (Wildman–Crippen LogP) is 2.83. The van der Waals surface area contributed by atoms with Gasteiger partial charge in [-0.3, -0.25) is 4.79 Å². The molecule has 3 nitrogen and oxygen atoms in total. The average Bonchev–Trinajstić information content (AvgIpc) is 2.79. The van der Waals surface area contributed by atoms with Gasteiger partial charge in [-0.25, -0.2) is 0 Å². The smallest absolute Gasteiger partial charge is 0.272 e. The summed E-state index contributed by atoms with van der Waals surface area (Å²) < 4.78 is 0. The third-order valence-corrected chi connectivity index (χ3v) is 2.40. The van der Waals surface area contributed by atoms with Crippen molar-refractivity contribution in [2.75, 3.05) is 5.32 Å². The van der Waals surface area contributed by atoms with Crippen LogP contribution in [-0.4, -0.2) is 10.9 Å². The normalized spacial score (nSPS) is 10.1. The van der Waals surface area contributed by atoms with Gasteiger partial charge in [-0.2, -0.15) is 0 Å². The number of aromatic nitrogens is 1. The number of benzene rings is 1. The second-order valence-electron chi connectivity index (χ2n) is 3.57. The summed E-state index contributed by atoms with van der Waals surface area (Å²) in [7, 11) is 0. The Kier molecular flexibility index (Phi) is 3.05. The number of carbonyl (C=O) groups is 1. The van der Waals surface area contributed by atoms with Gasteiger partial charge in [0.2, 0.25) is 0 Å². The van der Waals surface area contributed by atoms with Crippen molar-refractivity contribution in [2.24, 2.45) is 0 Å². The maximum absolute atomic E-state index is 11.8. The third-order valence-electron chi connectivity index (χ3n) is 2.40. The molecule has 0 saturated carbocycles. The monoisotopic (exact) mass is 214 g/mol. The van der Waals surface area contributed by atoms with Gasteiger partial charge in [0, 0.05) is 11.4 Å². The molecular weight excluding hydrogens is 200 g/mol. The first-order chi connectivity index (χ1) is 7.79. The molecule has 0 saturated heterocycles. The molecule has 1 amide bonds. The number of hydrogen-bond donors (Lipinski definition) is 2. The summed E-state index contributed by atoms with van der Waals surface area (Å²) in [6, 6.07) is 13.2. The number of hydrogen-bond acceptors (Lipinski definition) is 1. The van der Waals surface area contributed by atoms with Gasteiger partial charge in [-0.1, -0.05) is 25.1 Å². The summed E-state index contributed by atoms with van der Waals surface area (Å²) in [6.07, 6.45) is 0.901. The minimum absolute atomic E-state index is 0.106. The van der Waals surface area contributed by atoms with Gasteiger partial charge < -0.3 is 10.3 Å². The van der Waals surface area contributed by atoms with Gasteiger partial charge >= 0.3 is 0 Å². The van der Waals surface area contributed by atoms with Crippen LogP contribution >= 0.6 is 0 Å². The molecule has 0 bridgehead atoms. The van der Waals surface area contributed by atoms with Crippen molar-refractivity contribution in [3.63, 3.8) is 0 Å². The Hall–Kier alpha value is -2.03. The SMILES string of the molecule is CCc1ccc(C(=O)Nc2ccccc2)[nH]1. The standard InChI is InChI=1S/C13H14N2O/c1-2-10-8-9-12(14-10)13(16)15-11-6-4-3-5-7-11/h3-9,14H,2H2,1H3,(H,15,16). The number of H-pyrrole nitrogens is 1. The van der Waals surface area contributed by atoms with E-state index in [0.29, 0.717) is 5.69 Å². The number of para-hydroxylation sites is 1. The fourth-order valence-corrected chi connectivity index (χ4v) is 1.50. The summed E-state index contributed by atoms with van der Waals surface area (Å²) in [5.41, 5.74) is 2.47. The highest BCUT2D eigenvalue weighted by molar-refractivity contribution is 6.02. The van der Waals surface area contributed by atoms with Gasteiger partial charge in [0.05, 0.1) is 0 Å². The maximum Gasteiger partial charge on any atom is 0.272 e. The van der Waals surface area contributed by atoms with E-state index < -0.39 is 0 Å². The lowest BCUT2D eigenvalue weighted by Crippen LogP contribution is -2.12. The lowest BCUT2D eigenvalue weighted by Gasteiger charge is -2.02. The molecule has 1 aromatic heterocycles. The number of anilines is 1. The number of aryl methyl sites for hydroxylation is 1. The molecule has 16 heavy (non-hydrogen) atoms. The first-order valence-corrected chi connectivity index (χ1v) is 5.34. The number of aromatic amines is 1. The Labute approximate surface area is 94.5 Å². The van der Waals surface area contributed by atoms with Crippen LogP contribution in [0.1, 0.15) is 23.1 Å². The van der Waals surface area contributed by atoms with Crippen LogP contribution in [0, 0.1) is 0 Å². The number of carbonyl (C=O) groups excluding carboxylic acids is 1. The van der Waals surface area contributed by atoms with Crippen molar-refractivity contribution in [3.8, 4) is 0 Å². The Morgan fingerprint density at radius 2 is 1.94 bits per heavy atom. The molecule has 0 spiro atoms. The molecule has 1 heterocycles. The molecule has 2 N–H and O–H groups in total. The van der Waals surface area contributed by atoms with Crippen LogP contribution in [-0.2, 0) is 6.42 Å². The molecule has 0 aliphatic rings. The molecular formula is C13H14N2O. The molecule has 2 rings (SSSR count). The summed E-state index contributed by atoms with van der Waals surface area (Å²) in [5.74, 6) is -0.106. The van der Waals surface area contributed by atoms with E-state index in [1.165, 1.54) is 0 Å².